The highest BCUT2D eigenvalue weighted by Crippen LogP contribution is 2.28. The Balaban J connectivity index is 0.000000205. The van der Waals surface area contributed by atoms with Crippen molar-refractivity contribution in [2.75, 3.05) is 0 Å². The Morgan fingerprint density at radius 1 is 0.380 bits per heavy atom. The van der Waals surface area contributed by atoms with Crippen molar-refractivity contribution in [2.45, 2.75) is 128 Å². The van der Waals surface area contributed by atoms with E-state index < -0.39 is 38.2 Å². The van der Waals surface area contributed by atoms with Gasteiger partial charge in [-0.05, 0) is 148 Å². The van der Waals surface area contributed by atoms with Crippen molar-refractivity contribution < 1.29 is 34.7 Å². The summed E-state index contributed by atoms with van der Waals surface area (Å²) in [6.07, 6.45) is 8.48. The first kappa shape index (κ1) is 40.1. The predicted molar refractivity (Wildman–Crippen MR) is 302 cm³/mol. The highest BCUT2D eigenvalue weighted by atomic mass is 14.9. The van der Waals surface area contributed by atoms with E-state index in [9.17, 15) is 0 Å². The van der Waals surface area contributed by atoms with E-state index >= 15 is 0 Å². The molecular weight excluding hydrogens is 861 g/mol. The second-order valence-corrected chi connectivity index (χ2v) is 19.3. The molecule has 0 saturated heterocycles. The zero-order chi connectivity index (χ0) is 62.5. The molecule has 8 rings (SSSR count). The van der Waals surface area contributed by atoms with E-state index in [4.69, 9.17) is 16.4 Å². The van der Waals surface area contributed by atoms with Crippen LogP contribution in [0.2, 0.25) is 0 Å². The summed E-state index contributed by atoms with van der Waals surface area (Å²) in [5.74, 6) is -3.58. The highest BCUT2D eigenvalue weighted by molar-refractivity contribution is 5.64. The average molecular weight is 960 g/mol. The van der Waals surface area contributed by atoms with Gasteiger partial charge in [0.2, 0.25) is 22.8 Å². The first-order valence-corrected chi connectivity index (χ1v) is 24.6. The molecule has 0 amide bonds. The van der Waals surface area contributed by atoms with E-state index in [-0.39, 0.29) is 16.7 Å². The van der Waals surface area contributed by atoms with Crippen LogP contribution >= 0.6 is 0 Å². The second-order valence-electron chi connectivity index (χ2n) is 19.3. The van der Waals surface area contributed by atoms with Crippen LogP contribution in [0.25, 0.3) is 45.0 Å². The number of hydrogen-bond donors (Lipinski definition) is 0. The van der Waals surface area contributed by atoms with E-state index in [1.807, 2.05) is 93.9 Å². The van der Waals surface area contributed by atoms with Crippen molar-refractivity contribution in [3.63, 3.8) is 0 Å². The third kappa shape index (κ3) is 13.9. The number of nitrogens with zero attached hydrogens (tertiary/aromatic N) is 4. The van der Waals surface area contributed by atoms with E-state index in [2.05, 4.69) is 131 Å². The molecule has 4 heteroatoms. The number of aromatic nitrogens is 4. The van der Waals surface area contributed by atoms with Crippen LogP contribution in [0.15, 0.2) is 146 Å². The Bertz CT molecular complexity index is 3580. The Morgan fingerprint density at radius 2 is 0.704 bits per heavy atom. The van der Waals surface area contributed by atoms with Gasteiger partial charge >= 0.3 is 0 Å². The summed E-state index contributed by atoms with van der Waals surface area (Å²) in [6.45, 7) is 15.9. The highest BCUT2D eigenvalue weighted by Gasteiger charge is 2.20. The Morgan fingerprint density at radius 3 is 1.04 bits per heavy atom. The zero-order valence-corrected chi connectivity index (χ0v) is 45.4. The largest absolute Gasteiger partial charge is 0.212 e. The van der Waals surface area contributed by atoms with Crippen LogP contribution < -0.4 is 18.3 Å². The molecule has 0 saturated carbocycles. The average Bonchev–Trinajstić information content (AvgIpc) is 3.34. The summed E-state index contributed by atoms with van der Waals surface area (Å²) in [7, 11) is 7.74. The maximum atomic E-state index is 8.40. The molecule has 4 nitrogen and oxygen atoms in total. The summed E-state index contributed by atoms with van der Waals surface area (Å²) < 4.78 is 102. The van der Waals surface area contributed by atoms with E-state index in [1.165, 1.54) is 69.5 Å². The van der Waals surface area contributed by atoms with Gasteiger partial charge < -0.3 is 0 Å². The molecule has 0 radical (unpaired) electrons. The van der Waals surface area contributed by atoms with Crippen molar-refractivity contribution in [3.05, 3.63) is 213 Å². The van der Waals surface area contributed by atoms with Crippen molar-refractivity contribution in [2.24, 2.45) is 28.2 Å². The minimum absolute atomic E-state index is 0.00357. The molecule has 4 heterocycles. The molecule has 0 aliphatic rings. The van der Waals surface area contributed by atoms with Crippen LogP contribution in [0.5, 0.6) is 0 Å². The summed E-state index contributed by atoms with van der Waals surface area (Å²) in [5, 5.41) is 0. The number of pyridine rings is 4. The Labute approximate surface area is 447 Å². The first-order chi connectivity index (χ1) is 38.2. The molecule has 370 valence electrons. The monoisotopic (exact) mass is 959 g/mol. The molecule has 1 unspecified atom stereocenters. The van der Waals surface area contributed by atoms with Crippen LogP contribution in [0.1, 0.15) is 149 Å². The lowest BCUT2D eigenvalue weighted by Gasteiger charge is -2.11. The number of aryl methyl sites for hydroxylation is 13. The van der Waals surface area contributed by atoms with E-state index in [1.54, 1.807) is 31.7 Å². The molecular formula is C67H86N4+4. The molecule has 4 aromatic carbocycles. The number of rotatable bonds is 8. The Hall–Kier alpha value is -6.52. The quantitative estimate of drug-likeness (QED) is 0.135. The fraction of sp³-hybridized carbons (Fsp3) is 0.343. The lowest BCUT2D eigenvalue weighted by Crippen LogP contribution is -2.32. The molecule has 0 fully saturated rings. The van der Waals surface area contributed by atoms with Gasteiger partial charge in [-0.3, -0.25) is 0 Å². The lowest BCUT2D eigenvalue weighted by atomic mass is 9.96. The molecule has 8 aromatic rings. The third-order valence-electron chi connectivity index (χ3n) is 13.2. The maximum Gasteiger partial charge on any atom is 0.212 e. The van der Waals surface area contributed by atoms with Gasteiger partial charge in [0.15, 0.2) is 24.8 Å². The van der Waals surface area contributed by atoms with Gasteiger partial charge in [-0.2, -0.15) is 0 Å². The number of benzene rings is 4. The van der Waals surface area contributed by atoms with Crippen LogP contribution in [0.4, 0.5) is 0 Å². The zero-order valence-electron chi connectivity index (χ0n) is 57.4. The molecule has 0 bridgehead atoms. The maximum absolute atomic E-state index is 8.40. The van der Waals surface area contributed by atoms with Crippen molar-refractivity contribution in [1.29, 1.82) is 0 Å². The van der Waals surface area contributed by atoms with Gasteiger partial charge in [0.05, 0.1) is 0 Å². The normalized spacial score (nSPS) is 15.0. The van der Waals surface area contributed by atoms with Crippen LogP contribution in [0.3, 0.4) is 0 Å². The first-order valence-electron chi connectivity index (χ1n) is 30.6. The topological polar surface area (TPSA) is 15.5 Å². The van der Waals surface area contributed by atoms with E-state index in [0.717, 1.165) is 39.9 Å². The van der Waals surface area contributed by atoms with Gasteiger partial charge in [0.1, 0.15) is 28.2 Å². The summed E-state index contributed by atoms with van der Waals surface area (Å²) >= 11 is 0. The molecule has 0 N–H and O–H groups in total. The number of hydrogen-bond acceptors (Lipinski definition) is 0. The molecule has 4 aromatic heterocycles. The van der Waals surface area contributed by atoms with Gasteiger partial charge in [-0.1, -0.05) is 121 Å². The SMILES string of the molecule is CCc1c[n+](C)c(-c2ccccc2C)cc1C.[2H]C(C)(C)c1c[n+](C)c(-c2ccccc2C)cc1C.[2H]C([2H])([2H])c1c[n+](C)c(-c2ccccc2C)cc1C([2H])(C)C.[2H]C([2H])([2H])c1c[n+](C)c(-c2ccccc2C)cc1C([2H])(C)C([2H])([2H])[2H]. The minimum atomic E-state index is -2.66. The lowest BCUT2D eigenvalue weighted by molar-refractivity contribution is -0.661. The van der Waals surface area contributed by atoms with Crippen molar-refractivity contribution >= 4 is 0 Å². The smallest absolute Gasteiger partial charge is 0.201 e. The van der Waals surface area contributed by atoms with Crippen LogP contribution in [-0.4, -0.2) is 0 Å². The van der Waals surface area contributed by atoms with Crippen LogP contribution in [0, 0.1) is 55.2 Å². The second kappa shape index (κ2) is 25.0. The van der Waals surface area contributed by atoms with Gasteiger partial charge in [0.25, 0.3) is 0 Å². The van der Waals surface area contributed by atoms with Gasteiger partial charge in [0, 0.05) is 85.2 Å². The summed E-state index contributed by atoms with van der Waals surface area (Å²) in [4.78, 5) is 0. The minimum Gasteiger partial charge on any atom is -0.201 e. The fourth-order valence-electron chi connectivity index (χ4n) is 8.98. The van der Waals surface area contributed by atoms with E-state index in [0.29, 0.717) is 11.3 Å². The van der Waals surface area contributed by atoms with Gasteiger partial charge in [-0.15, -0.1) is 0 Å². The molecule has 1 atom stereocenters. The molecule has 0 aliphatic heterocycles. The fourth-order valence-corrected chi connectivity index (χ4v) is 8.98. The molecule has 0 aliphatic carbocycles. The standard InChI is InChI=1S/3C17H22N.C16H20N/c2*1-12(2)16-10-17(18(5)11-14(16)4)15-9-7-6-8-13(15)3;1-12(2)16-11-18(5)17(10-14(16)4)15-9-7-6-8-13(15)3;1-5-14-11-17(4)16(10-13(14)3)15-9-7-6-8-12(15)2/h3*6-12H,1-5H3;6-11H,5H2,1-4H3/q4*+1/i1D3,4D3,12D;4D3,12D;12D;. The third-order valence-corrected chi connectivity index (χ3v) is 13.2. The summed E-state index contributed by atoms with van der Waals surface area (Å²) in [6, 6.07) is 40.4. The van der Waals surface area contributed by atoms with Crippen molar-refractivity contribution in [3.8, 4) is 45.0 Å². The van der Waals surface area contributed by atoms with Crippen molar-refractivity contribution in [1.82, 2.24) is 0 Å². The summed E-state index contributed by atoms with van der Waals surface area (Å²) in [5.41, 5.74) is 19.0. The molecule has 71 heavy (non-hydrogen) atoms. The van der Waals surface area contributed by atoms with Gasteiger partial charge in [-0.25, -0.2) is 18.3 Å². The molecule has 0 spiro atoms. The Kier molecular flexibility index (Phi) is 14.1. The predicted octanol–water partition coefficient (Wildman–Crippen LogP) is 15.1. The van der Waals surface area contributed by atoms with Crippen LogP contribution in [-0.2, 0) is 34.6 Å².